The van der Waals surface area contributed by atoms with Gasteiger partial charge in [-0.2, -0.15) is 0 Å². The van der Waals surface area contributed by atoms with Crippen molar-refractivity contribution in [2.45, 2.75) is 31.7 Å². The summed E-state index contributed by atoms with van der Waals surface area (Å²) >= 11 is 0. The molecule has 1 aliphatic heterocycles. The largest absolute Gasteiger partial charge is 0.378 e. The second-order valence-corrected chi connectivity index (χ2v) is 7.12. The summed E-state index contributed by atoms with van der Waals surface area (Å²) in [6.07, 6.45) is 4.00. The van der Waals surface area contributed by atoms with Gasteiger partial charge < -0.3 is 15.0 Å². The van der Waals surface area contributed by atoms with Gasteiger partial charge in [-0.25, -0.2) is 17.9 Å². The van der Waals surface area contributed by atoms with Crippen molar-refractivity contribution in [2.75, 3.05) is 38.6 Å². The van der Waals surface area contributed by atoms with Crippen LogP contribution in [0.5, 0.6) is 0 Å². The number of rotatable bonds is 5. The zero-order chi connectivity index (χ0) is 14.4. The van der Waals surface area contributed by atoms with Gasteiger partial charge in [0.1, 0.15) is 0 Å². The molecular formula is C12H23N3O4S. The summed E-state index contributed by atoms with van der Waals surface area (Å²) < 4.78 is 31.5. The van der Waals surface area contributed by atoms with Crippen LogP contribution in [0.2, 0.25) is 0 Å². The van der Waals surface area contributed by atoms with Gasteiger partial charge in [-0.3, -0.25) is 0 Å². The number of carbonyl (C=O) groups is 1. The van der Waals surface area contributed by atoms with Crippen LogP contribution in [0.15, 0.2) is 0 Å². The van der Waals surface area contributed by atoms with E-state index in [-0.39, 0.29) is 24.4 Å². The molecule has 1 saturated heterocycles. The molecule has 8 heteroatoms. The third-order valence-electron chi connectivity index (χ3n) is 3.65. The fraction of sp³-hybridized carbons (Fsp3) is 0.917. The molecule has 0 aromatic carbocycles. The Bertz CT molecular complexity index is 414. The monoisotopic (exact) mass is 305 g/mol. The highest BCUT2D eigenvalue weighted by Crippen LogP contribution is 2.18. The molecule has 0 aromatic heterocycles. The first-order valence-corrected chi connectivity index (χ1v) is 8.82. The van der Waals surface area contributed by atoms with Crippen molar-refractivity contribution in [3.63, 3.8) is 0 Å². The number of sulfonamides is 1. The Hall–Kier alpha value is -0.860. The minimum atomic E-state index is -3.30. The first-order valence-electron chi connectivity index (χ1n) is 7.17. The summed E-state index contributed by atoms with van der Waals surface area (Å²) in [7, 11) is -3.30. The second kappa shape index (κ2) is 7.24. The van der Waals surface area contributed by atoms with E-state index in [2.05, 4.69) is 10.0 Å². The smallest absolute Gasteiger partial charge is 0.317 e. The molecule has 2 aliphatic rings. The Balaban J connectivity index is 1.67. The first kappa shape index (κ1) is 15.5. The van der Waals surface area contributed by atoms with Gasteiger partial charge in [-0.05, 0) is 12.8 Å². The number of nitrogens with one attached hydrogen (secondary N) is 2. The van der Waals surface area contributed by atoms with Crippen molar-refractivity contribution >= 4 is 16.1 Å². The normalized spacial score (nSPS) is 21.1. The quantitative estimate of drug-likeness (QED) is 0.742. The molecule has 2 rings (SSSR count). The Morgan fingerprint density at radius 2 is 1.85 bits per heavy atom. The summed E-state index contributed by atoms with van der Waals surface area (Å²) in [6, 6.07) is -0.140. The maximum Gasteiger partial charge on any atom is 0.317 e. The molecule has 0 atom stereocenters. The average molecular weight is 305 g/mol. The van der Waals surface area contributed by atoms with Crippen LogP contribution in [0.25, 0.3) is 0 Å². The van der Waals surface area contributed by atoms with Crippen molar-refractivity contribution in [1.82, 2.24) is 14.9 Å². The van der Waals surface area contributed by atoms with E-state index < -0.39 is 10.0 Å². The van der Waals surface area contributed by atoms with Crippen LogP contribution in [0, 0.1) is 0 Å². The lowest BCUT2D eigenvalue weighted by molar-refractivity contribution is 0.0533. The molecule has 7 nitrogen and oxygen atoms in total. The number of urea groups is 1. The van der Waals surface area contributed by atoms with Crippen molar-refractivity contribution in [3.05, 3.63) is 0 Å². The minimum Gasteiger partial charge on any atom is -0.378 e. The van der Waals surface area contributed by atoms with E-state index in [1.165, 1.54) is 0 Å². The van der Waals surface area contributed by atoms with Crippen LogP contribution in [-0.2, 0) is 14.8 Å². The number of amides is 2. The van der Waals surface area contributed by atoms with Gasteiger partial charge in [0, 0.05) is 25.7 Å². The average Bonchev–Trinajstić information content (AvgIpc) is 2.91. The van der Waals surface area contributed by atoms with Gasteiger partial charge in [-0.15, -0.1) is 0 Å². The Morgan fingerprint density at radius 3 is 2.50 bits per heavy atom. The zero-order valence-corrected chi connectivity index (χ0v) is 12.5. The Kier molecular flexibility index (Phi) is 5.62. The SMILES string of the molecule is O=C(NCCS(=O)(=O)NC1CCCC1)N1CCOCC1. The Labute approximate surface area is 120 Å². The predicted octanol–water partition coefficient (Wildman–Crippen LogP) is -0.110. The van der Waals surface area contributed by atoms with E-state index in [4.69, 9.17) is 4.74 Å². The molecule has 1 aliphatic carbocycles. The lowest BCUT2D eigenvalue weighted by atomic mass is 10.3. The molecule has 0 aromatic rings. The molecule has 0 bridgehead atoms. The topological polar surface area (TPSA) is 87.7 Å². The van der Waals surface area contributed by atoms with Gasteiger partial charge in [0.15, 0.2) is 0 Å². The molecule has 0 radical (unpaired) electrons. The lowest BCUT2D eigenvalue weighted by Crippen LogP contribution is -2.47. The molecule has 1 heterocycles. The van der Waals surface area contributed by atoms with E-state index in [0.717, 1.165) is 25.7 Å². The highest BCUT2D eigenvalue weighted by Gasteiger charge is 2.22. The Morgan fingerprint density at radius 1 is 1.20 bits per heavy atom. The van der Waals surface area contributed by atoms with Crippen molar-refractivity contribution in [2.24, 2.45) is 0 Å². The summed E-state index contributed by atoms with van der Waals surface area (Å²) in [6.45, 7) is 2.32. The maximum atomic E-state index is 11.8. The highest BCUT2D eigenvalue weighted by molar-refractivity contribution is 7.89. The molecular weight excluding hydrogens is 282 g/mol. The number of morpholine rings is 1. The number of carbonyl (C=O) groups excluding carboxylic acids is 1. The van der Waals surface area contributed by atoms with Gasteiger partial charge in [-0.1, -0.05) is 12.8 Å². The molecule has 20 heavy (non-hydrogen) atoms. The maximum absolute atomic E-state index is 11.8. The third-order valence-corrected chi connectivity index (χ3v) is 5.08. The third kappa shape index (κ3) is 4.92. The predicted molar refractivity (Wildman–Crippen MR) is 75.0 cm³/mol. The van der Waals surface area contributed by atoms with Crippen molar-refractivity contribution < 1.29 is 17.9 Å². The summed E-state index contributed by atoms with van der Waals surface area (Å²) in [5.74, 6) is -0.0699. The van der Waals surface area contributed by atoms with Crippen molar-refractivity contribution in [3.8, 4) is 0 Å². The number of hydrogen-bond donors (Lipinski definition) is 2. The van der Waals surface area contributed by atoms with Gasteiger partial charge >= 0.3 is 6.03 Å². The van der Waals surface area contributed by atoms with E-state index in [0.29, 0.717) is 26.3 Å². The zero-order valence-electron chi connectivity index (χ0n) is 11.6. The van der Waals surface area contributed by atoms with Gasteiger partial charge in [0.05, 0.1) is 19.0 Å². The second-order valence-electron chi connectivity index (χ2n) is 5.25. The molecule has 116 valence electrons. The molecule has 2 fully saturated rings. The fourth-order valence-electron chi connectivity index (χ4n) is 2.53. The molecule has 0 unspecified atom stereocenters. The van der Waals surface area contributed by atoms with Crippen LogP contribution in [0.1, 0.15) is 25.7 Å². The summed E-state index contributed by atoms with van der Waals surface area (Å²) in [5.41, 5.74) is 0. The van der Waals surface area contributed by atoms with Gasteiger partial charge in [0.25, 0.3) is 0 Å². The van der Waals surface area contributed by atoms with E-state index >= 15 is 0 Å². The van der Waals surface area contributed by atoms with Crippen LogP contribution >= 0.6 is 0 Å². The van der Waals surface area contributed by atoms with Crippen molar-refractivity contribution in [1.29, 1.82) is 0 Å². The number of nitrogens with zero attached hydrogens (tertiary/aromatic N) is 1. The van der Waals surface area contributed by atoms with E-state index in [9.17, 15) is 13.2 Å². The molecule has 2 N–H and O–H groups in total. The standard InChI is InChI=1S/C12H23N3O4S/c16-12(15-6-8-19-9-7-15)13-5-10-20(17,18)14-11-3-1-2-4-11/h11,14H,1-10H2,(H,13,16). The van der Waals surface area contributed by atoms with Crippen LogP contribution in [0.4, 0.5) is 4.79 Å². The lowest BCUT2D eigenvalue weighted by Gasteiger charge is -2.26. The van der Waals surface area contributed by atoms with Crippen LogP contribution < -0.4 is 10.0 Å². The molecule has 0 spiro atoms. The summed E-state index contributed by atoms with van der Waals surface area (Å²) in [4.78, 5) is 13.4. The highest BCUT2D eigenvalue weighted by atomic mass is 32.2. The van der Waals surface area contributed by atoms with E-state index in [1.54, 1.807) is 4.90 Å². The van der Waals surface area contributed by atoms with Gasteiger partial charge in [0.2, 0.25) is 10.0 Å². The number of ether oxygens (including phenoxy) is 1. The van der Waals surface area contributed by atoms with E-state index in [1.807, 2.05) is 0 Å². The minimum absolute atomic E-state index is 0.0699. The molecule has 1 saturated carbocycles. The van der Waals surface area contributed by atoms with Crippen LogP contribution in [-0.4, -0.2) is 64.0 Å². The first-order chi connectivity index (χ1) is 9.57. The number of hydrogen-bond acceptors (Lipinski definition) is 4. The summed E-state index contributed by atoms with van der Waals surface area (Å²) in [5, 5.41) is 2.65. The molecule has 2 amide bonds. The fourth-order valence-corrected chi connectivity index (χ4v) is 3.76. The van der Waals surface area contributed by atoms with Crippen LogP contribution in [0.3, 0.4) is 0 Å².